The lowest BCUT2D eigenvalue weighted by atomic mass is 9.94. The number of nitrogens with zero attached hydrogens (tertiary/aromatic N) is 1. The molecule has 0 saturated heterocycles. The molecule has 0 bridgehead atoms. The minimum atomic E-state index is -0.933. The van der Waals surface area contributed by atoms with Crippen LogP contribution in [-0.2, 0) is 0 Å². The minimum absolute atomic E-state index is 0.132. The zero-order chi connectivity index (χ0) is 13.6. The summed E-state index contributed by atoms with van der Waals surface area (Å²) in [5.74, 6) is 1.01. The highest BCUT2D eigenvalue weighted by molar-refractivity contribution is 8.13. The summed E-state index contributed by atoms with van der Waals surface area (Å²) < 4.78 is 12.7. The van der Waals surface area contributed by atoms with E-state index in [-0.39, 0.29) is 5.54 Å². The molecule has 102 valence electrons. The summed E-state index contributed by atoms with van der Waals surface area (Å²) in [4.78, 5) is 4.50. The summed E-state index contributed by atoms with van der Waals surface area (Å²) in [5, 5.41) is 3.71. The number of nitrogens with one attached hydrogen (secondary N) is 1. The van der Waals surface area contributed by atoms with Gasteiger partial charge in [0, 0.05) is 18.5 Å². The largest absolute Gasteiger partial charge is 0.388 e. The first-order valence-electron chi connectivity index (χ1n) is 6.13. The minimum Gasteiger partial charge on any atom is -0.388 e. The third kappa shape index (κ3) is 5.12. The second kappa shape index (κ2) is 6.83. The molecule has 0 spiro atoms. The van der Waals surface area contributed by atoms with E-state index in [4.69, 9.17) is 5.73 Å². The zero-order valence-corrected chi connectivity index (χ0v) is 12.1. The van der Waals surface area contributed by atoms with Gasteiger partial charge < -0.3 is 11.1 Å². The summed E-state index contributed by atoms with van der Waals surface area (Å²) >= 11 is 1.60. The van der Waals surface area contributed by atoms with Gasteiger partial charge in [-0.1, -0.05) is 17.8 Å². The topological polar surface area (TPSA) is 50.4 Å². The molecule has 1 aliphatic heterocycles. The molecule has 0 fully saturated rings. The molecule has 3 N–H and O–H groups in total. The first kappa shape index (κ1) is 15.1. The quantitative estimate of drug-likeness (QED) is 0.756. The Morgan fingerprint density at radius 1 is 1.72 bits per heavy atom. The third-order valence-electron chi connectivity index (χ3n) is 2.86. The van der Waals surface area contributed by atoms with Crippen molar-refractivity contribution in [2.75, 3.05) is 12.8 Å². The van der Waals surface area contributed by atoms with E-state index < -0.39 is 6.17 Å². The Balaban J connectivity index is 2.68. The number of rotatable bonds is 5. The maximum Gasteiger partial charge on any atom is 0.154 e. The Hall–Kier alpha value is -0.970. The van der Waals surface area contributed by atoms with E-state index in [1.807, 2.05) is 13.1 Å². The molecule has 0 aromatic heterocycles. The van der Waals surface area contributed by atoms with Crippen LogP contribution in [0.5, 0.6) is 0 Å². The predicted octanol–water partition coefficient (Wildman–Crippen LogP) is 2.60. The van der Waals surface area contributed by atoms with Gasteiger partial charge >= 0.3 is 0 Å². The summed E-state index contributed by atoms with van der Waals surface area (Å²) in [5.41, 5.74) is 6.54. The van der Waals surface area contributed by atoms with Crippen LogP contribution in [-0.4, -0.2) is 29.7 Å². The molecule has 0 radical (unpaired) electrons. The van der Waals surface area contributed by atoms with Crippen molar-refractivity contribution in [2.45, 2.75) is 38.4 Å². The van der Waals surface area contributed by atoms with Gasteiger partial charge in [-0.2, -0.15) is 0 Å². The Kier molecular flexibility index (Phi) is 5.72. The van der Waals surface area contributed by atoms with Crippen molar-refractivity contribution < 1.29 is 4.39 Å². The molecule has 2 unspecified atom stereocenters. The van der Waals surface area contributed by atoms with Crippen molar-refractivity contribution in [3.63, 3.8) is 0 Å². The molecular weight excluding hydrogens is 249 g/mol. The highest BCUT2D eigenvalue weighted by Gasteiger charge is 2.25. The van der Waals surface area contributed by atoms with Crippen LogP contribution < -0.4 is 11.1 Å². The van der Waals surface area contributed by atoms with Crippen molar-refractivity contribution in [3.05, 3.63) is 23.9 Å². The number of nitrogens with two attached hydrogens (primary N) is 1. The van der Waals surface area contributed by atoms with E-state index in [2.05, 4.69) is 17.2 Å². The van der Waals surface area contributed by atoms with Gasteiger partial charge in [-0.05, 0) is 38.8 Å². The van der Waals surface area contributed by atoms with E-state index in [1.165, 1.54) is 13.0 Å². The van der Waals surface area contributed by atoms with Crippen LogP contribution in [0.25, 0.3) is 0 Å². The van der Waals surface area contributed by atoms with Gasteiger partial charge in [-0.25, -0.2) is 4.39 Å². The normalized spacial score (nSPS) is 27.1. The van der Waals surface area contributed by atoms with E-state index in [9.17, 15) is 4.39 Å². The monoisotopic (exact) mass is 271 g/mol. The van der Waals surface area contributed by atoms with Crippen LogP contribution >= 0.6 is 11.8 Å². The van der Waals surface area contributed by atoms with Gasteiger partial charge in [-0.15, -0.1) is 0 Å². The summed E-state index contributed by atoms with van der Waals surface area (Å²) in [6.45, 7) is 3.61. The number of aliphatic imine (C=N–C) groups is 1. The molecule has 1 rings (SSSR count). The van der Waals surface area contributed by atoms with E-state index in [1.54, 1.807) is 17.8 Å². The fraction of sp³-hybridized carbons (Fsp3) is 0.615. The Labute approximate surface area is 113 Å². The second-order valence-corrected chi connectivity index (χ2v) is 5.81. The lowest BCUT2D eigenvalue weighted by Gasteiger charge is -2.28. The third-order valence-corrected chi connectivity index (χ3v) is 3.66. The first-order chi connectivity index (χ1) is 8.45. The number of likely N-dealkylation sites (N-methyl/N-ethyl adjacent to an activating group) is 1. The van der Waals surface area contributed by atoms with E-state index >= 15 is 0 Å². The van der Waals surface area contributed by atoms with Crippen LogP contribution in [0.4, 0.5) is 4.39 Å². The number of amidine groups is 1. The standard InChI is InChI=1S/C13H22FN3S/c1-10(14)4-5-11(16-3)6-7-13(2)8-9-18-12(15)17-13/h4-6,10,16H,7-9H2,1-3H3,(H2,15,17)/b5-4-,11-6+. The van der Waals surface area contributed by atoms with E-state index in [0.29, 0.717) is 5.17 Å². The van der Waals surface area contributed by atoms with Crippen molar-refractivity contribution in [2.24, 2.45) is 10.7 Å². The van der Waals surface area contributed by atoms with Crippen LogP contribution in [0, 0.1) is 0 Å². The second-order valence-electron chi connectivity index (χ2n) is 4.70. The number of thioether (sulfide) groups is 1. The molecular formula is C13H22FN3S. The number of alkyl halides is 1. The van der Waals surface area contributed by atoms with Crippen molar-refractivity contribution in [1.82, 2.24) is 5.32 Å². The summed E-state index contributed by atoms with van der Waals surface area (Å²) in [6, 6.07) is 0. The average Bonchev–Trinajstić information content (AvgIpc) is 2.28. The molecule has 0 aliphatic carbocycles. The Morgan fingerprint density at radius 3 is 3.00 bits per heavy atom. The molecule has 0 aromatic rings. The van der Waals surface area contributed by atoms with Crippen LogP contribution in [0.3, 0.4) is 0 Å². The number of halogens is 1. The van der Waals surface area contributed by atoms with Gasteiger partial charge in [-0.3, -0.25) is 4.99 Å². The van der Waals surface area contributed by atoms with E-state index in [0.717, 1.165) is 24.3 Å². The highest BCUT2D eigenvalue weighted by atomic mass is 32.2. The summed E-state index contributed by atoms with van der Waals surface area (Å²) in [6.07, 6.45) is 6.21. The number of hydrogen-bond donors (Lipinski definition) is 2. The molecule has 0 aromatic carbocycles. The number of allylic oxidation sites excluding steroid dienone is 2. The first-order valence-corrected chi connectivity index (χ1v) is 7.12. The van der Waals surface area contributed by atoms with Crippen molar-refractivity contribution >= 4 is 16.9 Å². The van der Waals surface area contributed by atoms with Crippen LogP contribution in [0.15, 0.2) is 28.9 Å². The number of hydrogen-bond acceptors (Lipinski definition) is 4. The molecule has 1 heterocycles. The molecule has 0 saturated carbocycles. The molecule has 3 nitrogen and oxygen atoms in total. The highest BCUT2D eigenvalue weighted by Crippen LogP contribution is 2.28. The van der Waals surface area contributed by atoms with Crippen molar-refractivity contribution in [1.29, 1.82) is 0 Å². The summed E-state index contributed by atoms with van der Waals surface area (Å²) in [7, 11) is 1.83. The SMILES string of the molecule is CNC(/C=C\C(C)F)=C/CC1(C)CCSC(N)=N1. The Bertz CT molecular complexity index is 363. The van der Waals surface area contributed by atoms with Gasteiger partial charge in [0.05, 0.1) is 5.54 Å². The van der Waals surface area contributed by atoms with Gasteiger partial charge in [0.15, 0.2) is 5.17 Å². The molecule has 1 aliphatic rings. The maximum absolute atomic E-state index is 12.7. The molecule has 18 heavy (non-hydrogen) atoms. The zero-order valence-electron chi connectivity index (χ0n) is 11.2. The van der Waals surface area contributed by atoms with Crippen LogP contribution in [0.2, 0.25) is 0 Å². The molecule has 0 amide bonds. The predicted molar refractivity (Wildman–Crippen MR) is 78.6 cm³/mol. The molecule has 2 atom stereocenters. The van der Waals surface area contributed by atoms with Gasteiger partial charge in [0.2, 0.25) is 0 Å². The van der Waals surface area contributed by atoms with Crippen molar-refractivity contribution in [3.8, 4) is 0 Å². The van der Waals surface area contributed by atoms with Crippen LogP contribution in [0.1, 0.15) is 26.7 Å². The fourth-order valence-corrected chi connectivity index (χ4v) is 2.73. The fourth-order valence-electron chi connectivity index (χ4n) is 1.70. The van der Waals surface area contributed by atoms with Gasteiger partial charge in [0.25, 0.3) is 0 Å². The lowest BCUT2D eigenvalue weighted by Crippen LogP contribution is -2.30. The lowest BCUT2D eigenvalue weighted by molar-refractivity contribution is 0.430. The molecule has 5 heteroatoms. The maximum atomic E-state index is 12.7. The average molecular weight is 271 g/mol. The van der Waals surface area contributed by atoms with Gasteiger partial charge in [0.1, 0.15) is 6.17 Å². The Morgan fingerprint density at radius 2 is 2.44 bits per heavy atom. The smallest absolute Gasteiger partial charge is 0.154 e.